The second-order valence-electron chi connectivity index (χ2n) is 8.33. The average Bonchev–Trinajstić information content (AvgIpc) is 3.20. The molecule has 1 N–H and O–H groups in total. The molecule has 4 rings (SSSR count). The smallest absolute Gasteiger partial charge is 0.253 e. The molecule has 4 heteroatoms. The predicted octanol–water partition coefficient (Wildman–Crippen LogP) is 2.91. The zero-order valence-corrected chi connectivity index (χ0v) is 15.1. The lowest BCUT2D eigenvalue weighted by Crippen LogP contribution is -2.34. The molecule has 0 spiro atoms. The first kappa shape index (κ1) is 17.0. The third-order valence-corrected chi connectivity index (χ3v) is 6.70. The Morgan fingerprint density at radius 3 is 2.56 bits per heavy atom. The van der Waals surface area contributed by atoms with E-state index in [4.69, 9.17) is 0 Å². The number of rotatable bonds is 4. The lowest BCUT2D eigenvalue weighted by molar-refractivity contribution is 0.0734. The van der Waals surface area contributed by atoms with Gasteiger partial charge in [0, 0.05) is 30.6 Å². The summed E-state index contributed by atoms with van der Waals surface area (Å²) < 4.78 is 0. The second kappa shape index (κ2) is 7.08. The molecule has 0 unspecified atom stereocenters. The van der Waals surface area contributed by atoms with E-state index in [1.165, 1.54) is 44.3 Å². The second-order valence-corrected chi connectivity index (χ2v) is 8.33. The molecule has 2 aliphatic heterocycles. The molecule has 2 atom stereocenters. The number of amides is 1. The largest absolute Gasteiger partial charge is 0.396 e. The van der Waals surface area contributed by atoms with Crippen LogP contribution in [0.3, 0.4) is 0 Å². The Morgan fingerprint density at radius 2 is 1.88 bits per heavy atom. The molecule has 2 heterocycles. The molecule has 0 radical (unpaired) electrons. The van der Waals surface area contributed by atoms with Crippen LogP contribution in [0.15, 0.2) is 24.3 Å². The lowest BCUT2D eigenvalue weighted by Gasteiger charge is -2.26. The van der Waals surface area contributed by atoms with Crippen LogP contribution >= 0.6 is 0 Å². The Kier molecular flexibility index (Phi) is 4.83. The van der Waals surface area contributed by atoms with Gasteiger partial charge in [0.1, 0.15) is 0 Å². The summed E-state index contributed by atoms with van der Waals surface area (Å²) in [6, 6.07) is 8.20. The fourth-order valence-corrected chi connectivity index (χ4v) is 5.14. The van der Waals surface area contributed by atoms with E-state index < -0.39 is 0 Å². The van der Waals surface area contributed by atoms with Crippen molar-refractivity contribution in [3.8, 4) is 0 Å². The van der Waals surface area contributed by atoms with Gasteiger partial charge < -0.3 is 10.0 Å². The standard InChI is InChI=1S/C21H30N2O2/c24-16-21-10-4-5-19(21)14-23(15-21)20(25)18-8-6-17(7-9-18)13-22-11-2-1-3-12-22/h6-9,19,24H,1-5,10-16H2/t19-,21+/m0/s1. The van der Waals surface area contributed by atoms with Crippen molar-refractivity contribution >= 4 is 5.91 Å². The molecule has 4 nitrogen and oxygen atoms in total. The fourth-order valence-electron chi connectivity index (χ4n) is 5.14. The number of hydrogen-bond acceptors (Lipinski definition) is 3. The van der Waals surface area contributed by atoms with E-state index in [1.807, 2.05) is 17.0 Å². The monoisotopic (exact) mass is 342 g/mol. The van der Waals surface area contributed by atoms with Crippen molar-refractivity contribution in [3.05, 3.63) is 35.4 Å². The van der Waals surface area contributed by atoms with Gasteiger partial charge >= 0.3 is 0 Å². The topological polar surface area (TPSA) is 43.8 Å². The summed E-state index contributed by atoms with van der Waals surface area (Å²) in [5, 5.41) is 9.85. The minimum Gasteiger partial charge on any atom is -0.396 e. The number of aliphatic hydroxyl groups is 1. The van der Waals surface area contributed by atoms with Crippen LogP contribution < -0.4 is 0 Å². The number of fused-ring (bicyclic) bond motifs is 1. The highest BCUT2D eigenvalue weighted by Gasteiger charge is 2.50. The van der Waals surface area contributed by atoms with Crippen LogP contribution in [0.1, 0.15) is 54.4 Å². The van der Waals surface area contributed by atoms with Crippen LogP contribution in [0.5, 0.6) is 0 Å². The van der Waals surface area contributed by atoms with Gasteiger partial charge in [0.25, 0.3) is 5.91 Å². The number of hydrogen-bond donors (Lipinski definition) is 1. The maximum Gasteiger partial charge on any atom is 0.253 e. The van der Waals surface area contributed by atoms with Gasteiger partial charge in [0.05, 0.1) is 6.61 Å². The molecule has 25 heavy (non-hydrogen) atoms. The number of benzene rings is 1. The van der Waals surface area contributed by atoms with Gasteiger partial charge in [-0.1, -0.05) is 25.0 Å². The van der Waals surface area contributed by atoms with Gasteiger partial charge in [-0.05, 0) is 62.4 Å². The summed E-state index contributed by atoms with van der Waals surface area (Å²) >= 11 is 0. The van der Waals surface area contributed by atoms with Gasteiger partial charge in [-0.25, -0.2) is 0 Å². The minimum atomic E-state index is -0.0239. The first-order chi connectivity index (χ1) is 12.2. The van der Waals surface area contributed by atoms with E-state index in [0.717, 1.165) is 38.0 Å². The van der Waals surface area contributed by atoms with Crippen molar-refractivity contribution in [1.29, 1.82) is 0 Å². The molecule has 136 valence electrons. The van der Waals surface area contributed by atoms with E-state index in [-0.39, 0.29) is 17.9 Å². The molecule has 3 fully saturated rings. The lowest BCUT2D eigenvalue weighted by atomic mass is 9.82. The molecule has 2 saturated heterocycles. The van der Waals surface area contributed by atoms with Crippen LogP contribution in [-0.2, 0) is 6.54 Å². The van der Waals surface area contributed by atoms with E-state index >= 15 is 0 Å². The quantitative estimate of drug-likeness (QED) is 0.915. The SMILES string of the molecule is O=C(c1ccc(CN2CCCCC2)cc1)N1C[C@@H]2CCC[C@]2(CO)C1. The Bertz CT molecular complexity index is 609. The number of piperidine rings is 1. The molecule has 1 aromatic rings. The number of carbonyl (C=O) groups excluding carboxylic acids is 1. The van der Waals surface area contributed by atoms with E-state index in [2.05, 4.69) is 17.0 Å². The van der Waals surface area contributed by atoms with Crippen molar-refractivity contribution in [2.75, 3.05) is 32.8 Å². The summed E-state index contributed by atoms with van der Waals surface area (Å²) in [7, 11) is 0. The van der Waals surface area contributed by atoms with Crippen LogP contribution in [0.2, 0.25) is 0 Å². The third kappa shape index (κ3) is 3.34. The van der Waals surface area contributed by atoms with Gasteiger partial charge in [-0.2, -0.15) is 0 Å². The summed E-state index contributed by atoms with van der Waals surface area (Å²) in [5.41, 5.74) is 2.06. The zero-order valence-electron chi connectivity index (χ0n) is 15.1. The molecular formula is C21H30N2O2. The van der Waals surface area contributed by atoms with E-state index in [0.29, 0.717) is 5.92 Å². The van der Waals surface area contributed by atoms with Gasteiger partial charge in [0.15, 0.2) is 0 Å². The van der Waals surface area contributed by atoms with Crippen molar-refractivity contribution in [2.45, 2.75) is 45.1 Å². The molecule has 1 aliphatic carbocycles. The first-order valence-corrected chi connectivity index (χ1v) is 9.92. The van der Waals surface area contributed by atoms with Crippen molar-refractivity contribution < 1.29 is 9.90 Å². The van der Waals surface area contributed by atoms with Crippen LogP contribution in [0.4, 0.5) is 0 Å². The highest BCUT2D eigenvalue weighted by atomic mass is 16.3. The van der Waals surface area contributed by atoms with Gasteiger partial charge in [-0.15, -0.1) is 0 Å². The van der Waals surface area contributed by atoms with Crippen LogP contribution in [0, 0.1) is 11.3 Å². The molecule has 3 aliphatic rings. The van der Waals surface area contributed by atoms with Gasteiger partial charge in [-0.3, -0.25) is 9.69 Å². The number of likely N-dealkylation sites (tertiary alicyclic amines) is 2. The predicted molar refractivity (Wildman–Crippen MR) is 98.3 cm³/mol. The van der Waals surface area contributed by atoms with Gasteiger partial charge in [0.2, 0.25) is 0 Å². The Hall–Kier alpha value is -1.39. The Balaban J connectivity index is 1.39. The number of carbonyl (C=O) groups is 1. The highest BCUT2D eigenvalue weighted by molar-refractivity contribution is 5.94. The normalized spacial score (nSPS) is 29.8. The third-order valence-electron chi connectivity index (χ3n) is 6.70. The Labute approximate surface area is 150 Å². The molecule has 1 saturated carbocycles. The summed E-state index contributed by atoms with van der Waals surface area (Å²) in [6.07, 6.45) is 7.37. The summed E-state index contributed by atoms with van der Waals surface area (Å²) in [6.45, 7) is 5.14. The number of nitrogens with zero attached hydrogens (tertiary/aromatic N) is 2. The summed E-state index contributed by atoms with van der Waals surface area (Å²) in [5.74, 6) is 0.617. The van der Waals surface area contributed by atoms with Crippen LogP contribution in [0.25, 0.3) is 0 Å². The fraction of sp³-hybridized carbons (Fsp3) is 0.667. The first-order valence-electron chi connectivity index (χ1n) is 9.92. The summed E-state index contributed by atoms with van der Waals surface area (Å²) in [4.78, 5) is 17.4. The molecule has 0 bridgehead atoms. The zero-order chi connectivity index (χ0) is 17.3. The molecule has 1 amide bonds. The highest BCUT2D eigenvalue weighted by Crippen LogP contribution is 2.48. The van der Waals surface area contributed by atoms with E-state index in [1.54, 1.807) is 0 Å². The maximum absolute atomic E-state index is 12.9. The van der Waals surface area contributed by atoms with Crippen molar-refractivity contribution in [1.82, 2.24) is 9.80 Å². The Morgan fingerprint density at radius 1 is 1.12 bits per heavy atom. The number of aliphatic hydroxyl groups excluding tert-OH is 1. The maximum atomic E-state index is 12.9. The molecular weight excluding hydrogens is 312 g/mol. The average molecular weight is 342 g/mol. The van der Waals surface area contributed by atoms with Crippen molar-refractivity contribution in [2.24, 2.45) is 11.3 Å². The minimum absolute atomic E-state index is 0.0239. The van der Waals surface area contributed by atoms with Crippen molar-refractivity contribution in [3.63, 3.8) is 0 Å². The van der Waals surface area contributed by atoms with Crippen LogP contribution in [-0.4, -0.2) is 53.6 Å². The molecule has 1 aromatic carbocycles. The molecule has 0 aromatic heterocycles. The van der Waals surface area contributed by atoms with E-state index in [9.17, 15) is 9.90 Å².